The van der Waals surface area contributed by atoms with Gasteiger partial charge in [-0.3, -0.25) is 9.69 Å². The summed E-state index contributed by atoms with van der Waals surface area (Å²) in [6, 6.07) is 0.722. The first-order chi connectivity index (χ1) is 9.02. The third-order valence-electron chi connectivity index (χ3n) is 5.07. The zero-order chi connectivity index (χ0) is 14.0. The van der Waals surface area contributed by atoms with Gasteiger partial charge in [0.25, 0.3) is 0 Å². The fourth-order valence-electron chi connectivity index (χ4n) is 3.58. The van der Waals surface area contributed by atoms with Gasteiger partial charge in [0.05, 0.1) is 5.92 Å². The van der Waals surface area contributed by atoms with Gasteiger partial charge >= 0.3 is 5.97 Å². The second kappa shape index (κ2) is 6.25. The maximum atomic E-state index is 11.6. The highest BCUT2D eigenvalue weighted by molar-refractivity contribution is 5.71. The minimum absolute atomic E-state index is 0.149. The van der Waals surface area contributed by atoms with Gasteiger partial charge < -0.3 is 5.11 Å². The number of carbonyl (C=O) groups is 1. The largest absolute Gasteiger partial charge is 0.481 e. The van der Waals surface area contributed by atoms with E-state index in [4.69, 9.17) is 0 Å². The molecule has 2 saturated carbocycles. The van der Waals surface area contributed by atoms with Crippen LogP contribution in [0.1, 0.15) is 59.3 Å². The van der Waals surface area contributed by atoms with Crippen LogP contribution in [0.3, 0.4) is 0 Å². The van der Waals surface area contributed by atoms with E-state index in [1.165, 1.54) is 19.3 Å². The summed E-state index contributed by atoms with van der Waals surface area (Å²) in [6.07, 6.45) is 6.91. The lowest BCUT2D eigenvalue weighted by Gasteiger charge is -2.43. The van der Waals surface area contributed by atoms with Crippen molar-refractivity contribution in [2.24, 2.45) is 17.8 Å². The summed E-state index contributed by atoms with van der Waals surface area (Å²) in [5.41, 5.74) is 0. The van der Waals surface area contributed by atoms with Gasteiger partial charge in [0.2, 0.25) is 0 Å². The number of carboxylic acids is 1. The zero-order valence-corrected chi connectivity index (χ0v) is 12.6. The fourth-order valence-corrected chi connectivity index (χ4v) is 3.58. The van der Waals surface area contributed by atoms with Crippen LogP contribution in [-0.2, 0) is 4.79 Å². The molecule has 110 valence electrons. The molecule has 0 radical (unpaired) electrons. The van der Waals surface area contributed by atoms with Crippen LogP contribution in [0.2, 0.25) is 0 Å². The van der Waals surface area contributed by atoms with E-state index in [1.807, 2.05) is 0 Å². The molecule has 0 bridgehead atoms. The van der Waals surface area contributed by atoms with E-state index in [0.717, 1.165) is 37.6 Å². The molecule has 0 aromatic heterocycles. The molecule has 0 aromatic carbocycles. The predicted octanol–water partition coefficient (Wildman–Crippen LogP) is 3.39. The number of rotatable bonds is 6. The summed E-state index contributed by atoms with van der Waals surface area (Å²) in [4.78, 5) is 14.1. The van der Waals surface area contributed by atoms with Crippen molar-refractivity contribution in [3.05, 3.63) is 0 Å². The van der Waals surface area contributed by atoms with Crippen molar-refractivity contribution in [1.82, 2.24) is 4.90 Å². The average Bonchev–Trinajstić information content (AvgIpc) is 3.18. The minimum Gasteiger partial charge on any atom is -0.481 e. The normalized spacial score (nSPS) is 31.9. The summed E-state index contributed by atoms with van der Waals surface area (Å²) in [5.74, 6) is 0.824. The lowest BCUT2D eigenvalue weighted by Crippen LogP contribution is -2.50. The molecule has 2 aliphatic carbocycles. The smallest absolute Gasteiger partial charge is 0.308 e. The number of nitrogens with zero attached hydrogens (tertiary/aromatic N) is 1. The molecule has 3 heteroatoms. The van der Waals surface area contributed by atoms with Crippen LogP contribution in [0, 0.1) is 17.8 Å². The number of hydrogen-bond acceptors (Lipinski definition) is 2. The van der Waals surface area contributed by atoms with Crippen LogP contribution in [0.5, 0.6) is 0 Å². The Bertz CT molecular complexity index is 312. The van der Waals surface area contributed by atoms with Crippen LogP contribution in [0.4, 0.5) is 0 Å². The highest BCUT2D eigenvalue weighted by Gasteiger charge is 2.40. The van der Waals surface area contributed by atoms with Crippen LogP contribution in [-0.4, -0.2) is 34.6 Å². The molecule has 2 rings (SSSR count). The number of aliphatic carboxylic acids is 1. The molecule has 3 nitrogen and oxygen atoms in total. The van der Waals surface area contributed by atoms with Crippen molar-refractivity contribution < 1.29 is 9.90 Å². The van der Waals surface area contributed by atoms with Crippen LogP contribution in [0.25, 0.3) is 0 Å². The monoisotopic (exact) mass is 267 g/mol. The lowest BCUT2D eigenvalue weighted by molar-refractivity contribution is -0.146. The number of hydrogen-bond donors (Lipinski definition) is 1. The predicted molar refractivity (Wildman–Crippen MR) is 77.1 cm³/mol. The van der Waals surface area contributed by atoms with Gasteiger partial charge in [-0.15, -0.1) is 0 Å². The average molecular weight is 267 g/mol. The van der Waals surface area contributed by atoms with E-state index < -0.39 is 5.97 Å². The topological polar surface area (TPSA) is 40.5 Å². The van der Waals surface area contributed by atoms with Gasteiger partial charge in [-0.05, 0) is 57.8 Å². The van der Waals surface area contributed by atoms with Gasteiger partial charge in [-0.1, -0.05) is 13.3 Å². The van der Waals surface area contributed by atoms with E-state index in [2.05, 4.69) is 25.7 Å². The third-order valence-corrected chi connectivity index (χ3v) is 5.07. The minimum atomic E-state index is -0.582. The Labute approximate surface area is 117 Å². The van der Waals surface area contributed by atoms with Crippen molar-refractivity contribution in [2.45, 2.75) is 71.4 Å². The molecule has 2 fully saturated rings. The maximum absolute atomic E-state index is 11.6. The Morgan fingerprint density at radius 2 is 1.84 bits per heavy atom. The second-order valence-corrected chi connectivity index (χ2v) is 6.83. The van der Waals surface area contributed by atoms with Crippen molar-refractivity contribution in [1.29, 1.82) is 0 Å². The molecule has 0 amide bonds. The molecular formula is C16H29NO2. The molecule has 3 atom stereocenters. The lowest BCUT2D eigenvalue weighted by atomic mass is 9.76. The van der Waals surface area contributed by atoms with Gasteiger partial charge in [0.15, 0.2) is 0 Å². The molecule has 0 heterocycles. The third kappa shape index (κ3) is 3.71. The van der Waals surface area contributed by atoms with Gasteiger partial charge in [0, 0.05) is 18.6 Å². The van der Waals surface area contributed by atoms with E-state index >= 15 is 0 Å². The fraction of sp³-hybridized carbons (Fsp3) is 0.938. The first kappa shape index (κ1) is 14.8. The summed E-state index contributed by atoms with van der Waals surface area (Å²) in [5, 5.41) is 9.52. The molecule has 0 saturated heterocycles. The van der Waals surface area contributed by atoms with Crippen molar-refractivity contribution in [3.8, 4) is 0 Å². The highest BCUT2D eigenvalue weighted by atomic mass is 16.4. The number of carboxylic acid groups (broad SMARTS) is 1. The van der Waals surface area contributed by atoms with Crippen LogP contribution >= 0.6 is 0 Å². The second-order valence-electron chi connectivity index (χ2n) is 6.83. The maximum Gasteiger partial charge on any atom is 0.308 e. The molecule has 0 aliphatic heterocycles. The molecule has 1 N–H and O–H groups in total. The highest BCUT2D eigenvalue weighted by Crippen LogP contribution is 2.38. The van der Waals surface area contributed by atoms with Crippen molar-refractivity contribution in [2.75, 3.05) is 6.54 Å². The molecule has 3 unspecified atom stereocenters. The van der Waals surface area contributed by atoms with Crippen molar-refractivity contribution in [3.63, 3.8) is 0 Å². The van der Waals surface area contributed by atoms with Crippen molar-refractivity contribution >= 4 is 5.97 Å². The first-order valence-corrected chi connectivity index (χ1v) is 8.01. The van der Waals surface area contributed by atoms with Crippen LogP contribution in [0.15, 0.2) is 0 Å². The van der Waals surface area contributed by atoms with Crippen LogP contribution < -0.4 is 0 Å². The first-order valence-electron chi connectivity index (χ1n) is 8.01. The SMILES string of the molecule is CCC1CCC(C(=O)O)C(N(CC2CC2)C(C)C)C1. The molecular weight excluding hydrogens is 238 g/mol. The summed E-state index contributed by atoms with van der Waals surface area (Å²) in [7, 11) is 0. The Balaban J connectivity index is 2.10. The summed E-state index contributed by atoms with van der Waals surface area (Å²) in [6.45, 7) is 7.79. The Hall–Kier alpha value is -0.570. The van der Waals surface area contributed by atoms with E-state index in [1.54, 1.807) is 0 Å². The van der Waals surface area contributed by atoms with Gasteiger partial charge in [-0.2, -0.15) is 0 Å². The molecule has 19 heavy (non-hydrogen) atoms. The quantitative estimate of drug-likeness (QED) is 0.802. The molecule has 2 aliphatic rings. The van der Waals surface area contributed by atoms with Gasteiger partial charge in [0.1, 0.15) is 0 Å². The van der Waals surface area contributed by atoms with E-state index in [-0.39, 0.29) is 12.0 Å². The Morgan fingerprint density at radius 1 is 1.21 bits per heavy atom. The Kier molecular flexibility index (Phi) is 4.88. The summed E-state index contributed by atoms with van der Waals surface area (Å²) >= 11 is 0. The van der Waals surface area contributed by atoms with E-state index in [9.17, 15) is 9.90 Å². The summed E-state index contributed by atoms with van der Waals surface area (Å²) < 4.78 is 0. The molecule has 0 aromatic rings. The van der Waals surface area contributed by atoms with Gasteiger partial charge in [-0.25, -0.2) is 0 Å². The zero-order valence-electron chi connectivity index (χ0n) is 12.6. The van der Waals surface area contributed by atoms with E-state index in [0.29, 0.717) is 6.04 Å². The molecule has 0 spiro atoms. The standard InChI is InChI=1S/C16H29NO2/c1-4-12-7-8-14(16(18)19)15(9-12)17(11(2)3)10-13-5-6-13/h11-15H,4-10H2,1-3H3,(H,18,19). The Morgan fingerprint density at radius 3 is 2.32 bits per heavy atom.